The topological polar surface area (TPSA) is 46.3 Å². The van der Waals surface area contributed by atoms with Gasteiger partial charge in [0.1, 0.15) is 0 Å². The standard InChI is InChI=1S/C15H21ClN2O/c1-2-4-13(17)15(19)18-10-3-5-14(18)11-6-8-12(16)9-7-11/h6-9,13-14H,2-5,10,17H2,1H3. The lowest BCUT2D eigenvalue weighted by molar-refractivity contribution is -0.133. The van der Waals surface area contributed by atoms with Gasteiger partial charge in [0.15, 0.2) is 0 Å². The fraction of sp³-hybridized carbons (Fsp3) is 0.533. The quantitative estimate of drug-likeness (QED) is 0.921. The van der Waals surface area contributed by atoms with Crippen LogP contribution in [0.2, 0.25) is 5.02 Å². The fourth-order valence-corrected chi connectivity index (χ4v) is 2.84. The summed E-state index contributed by atoms with van der Waals surface area (Å²) in [6.07, 6.45) is 3.74. The van der Waals surface area contributed by atoms with Crippen LogP contribution in [0.15, 0.2) is 24.3 Å². The highest BCUT2D eigenvalue weighted by molar-refractivity contribution is 6.30. The predicted octanol–water partition coefficient (Wildman–Crippen LogP) is 3.13. The third kappa shape index (κ3) is 3.28. The third-order valence-electron chi connectivity index (χ3n) is 3.71. The zero-order valence-corrected chi connectivity index (χ0v) is 12.1. The summed E-state index contributed by atoms with van der Waals surface area (Å²) in [4.78, 5) is 14.3. The summed E-state index contributed by atoms with van der Waals surface area (Å²) in [6.45, 7) is 2.86. The van der Waals surface area contributed by atoms with E-state index in [0.717, 1.165) is 42.8 Å². The molecule has 0 saturated carbocycles. The fourth-order valence-electron chi connectivity index (χ4n) is 2.71. The Morgan fingerprint density at radius 2 is 2.16 bits per heavy atom. The number of benzene rings is 1. The molecule has 2 unspecified atom stereocenters. The van der Waals surface area contributed by atoms with Crippen LogP contribution in [0.5, 0.6) is 0 Å². The van der Waals surface area contributed by atoms with Crippen LogP contribution >= 0.6 is 11.6 Å². The van der Waals surface area contributed by atoms with Gasteiger partial charge < -0.3 is 10.6 Å². The molecule has 4 heteroatoms. The average Bonchev–Trinajstić information content (AvgIpc) is 2.88. The van der Waals surface area contributed by atoms with Gasteiger partial charge in [0.05, 0.1) is 12.1 Å². The predicted molar refractivity (Wildman–Crippen MR) is 78.0 cm³/mol. The van der Waals surface area contributed by atoms with E-state index in [0.29, 0.717) is 0 Å². The van der Waals surface area contributed by atoms with Gasteiger partial charge in [-0.05, 0) is 37.0 Å². The third-order valence-corrected chi connectivity index (χ3v) is 3.96. The lowest BCUT2D eigenvalue weighted by Crippen LogP contribution is -2.43. The van der Waals surface area contributed by atoms with Crippen molar-refractivity contribution >= 4 is 17.5 Å². The van der Waals surface area contributed by atoms with Crippen molar-refractivity contribution in [2.45, 2.75) is 44.7 Å². The maximum absolute atomic E-state index is 12.4. The monoisotopic (exact) mass is 280 g/mol. The molecule has 3 nitrogen and oxygen atoms in total. The number of hydrogen-bond donors (Lipinski definition) is 1. The average molecular weight is 281 g/mol. The molecule has 0 spiro atoms. The van der Waals surface area contributed by atoms with Gasteiger partial charge in [0, 0.05) is 11.6 Å². The number of nitrogens with zero attached hydrogens (tertiary/aromatic N) is 1. The van der Waals surface area contributed by atoms with E-state index in [2.05, 4.69) is 0 Å². The number of rotatable bonds is 4. The van der Waals surface area contributed by atoms with Gasteiger partial charge in [0.25, 0.3) is 0 Å². The zero-order valence-electron chi connectivity index (χ0n) is 11.3. The Bertz CT molecular complexity index is 432. The number of carbonyl (C=O) groups is 1. The number of halogens is 1. The van der Waals surface area contributed by atoms with E-state index in [-0.39, 0.29) is 18.0 Å². The molecule has 1 fully saturated rings. The first-order valence-electron chi connectivity index (χ1n) is 6.95. The van der Waals surface area contributed by atoms with Crippen LogP contribution in [0.1, 0.15) is 44.2 Å². The van der Waals surface area contributed by atoms with Gasteiger partial charge in [-0.25, -0.2) is 0 Å². The Hall–Kier alpha value is -1.06. The van der Waals surface area contributed by atoms with Crippen molar-refractivity contribution in [3.8, 4) is 0 Å². The normalized spacial score (nSPS) is 20.6. The molecule has 1 amide bonds. The maximum atomic E-state index is 12.4. The molecule has 1 aliphatic rings. The molecule has 0 aromatic heterocycles. The van der Waals surface area contributed by atoms with E-state index < -0.39 is 0 Å². The smallest absolute Gasteiger partial charge is 0.239 e. The second-order valence-electron chi connectivity index (χ2n) is 5.14. The summed E-state index contributed by atoms with van der Waals surface area (Å²) in [6, 6.07) is 7.56. The first kappa shape index (κ1) is 14.4. The van der Waals surface area contributed by atoms with E-state index >= 15 is 0 Å². The lowest BCUT2D eigenvalue weighted by atomic mass is 10.0. The van der Waals surface area contributed by atoms with Gasteiger partial charge in [-0.15, -0.1) is 0 Å². The van der Waals surface area contributed by atoms with Crippen LogP contribution < -0.4 is 5.73 Å². The molecule has 2 atom stereocenters. The zero-order chi connectivity index (χ0) is 13.8. The first-order chi connectivity index (χ1) is 9.13. The number of carbonyl (C=O) groups excluding carboxylic acids is 1. The summed E-state index contributed by atoms with van der Waals surface area (Å²) in [5.41, 5.74) is 7.11. The largest absolute Gasteiger partial charge is 0.334 e. The summed E-state index contributed by atoms with van der Waals surface area (Å²) < 4.78 is 0. The lowest BCUT2D eigenvalue weighted by Gasteiger charge is -2.27. The summed E-state index contributed by atoms with van der Waals surface area (Å²) in [5.74, 6) is 0.0827. The van der Waals surface area contributed by atoms with Gasteiger partial charge in [-0.3, -0.25) is 4.79 Å². The van der Waals surface area contributed by atoms with Gasteiger partial charge >= 0.3 is 0 Å². The SMILES string of the molecule is CCCC(N)C(=O)N1CCCC1c1ccc(Cl)cc1. The van der Waals surface area contributed by atoms with E-state index in [9.17, 15) is 4.79 Å². The van der Waals surface area contributed by atoms with Crippen LogP contribution in [-0.4, -0.2) is 23.4 Å². The minimum Gasteiger partial charge on any atom is -0.334 e. The highest BCUT2D eigenvalue weighted by Gasteiger charge is 2.32. The summed E-state index contributed by atoms with van der Waals surface area (Å²) >= 11 is 5.91. The molecule has 1 aromatic carbocycles. The highest BCUT2D eigenvalue weighted by Crippen LogP contribution is 2.33. The van der Waals surface area contributed by atoms with Crippen molar-refractivity contribution in [2.75, 3.05) is 6.54 Å². The van der Waals surface area contributed by atoms with Crippen LogP contribution in [-0.2, 0) is 4.79 Å². The second-order valence-corrected chi connectivity index (χ2v) is 5.57. The molecule has 1 aliphatic heterocycles. The molecule has 2 N–H and O–H groups in total. The van der Waals surface area contributed by atoms with Crippen LogP contribution in [0.3, 0.4) is 0 Å². The number of amides is 1. The van der Waals surface area contributed by atoms with Crippen LogP contribution in [0.4, 0.5) is 0 Å². The summed E-state index contributed by atoms with van der Waals surface area (Å²) in [5, 5.41) is 0.724. The van der Waals surface area contributed by atoms with Crippen molar-refractivity contribution in [2.24, 2.45) is 5.73 Å². The molecule has 104 valence electrons. The van der Waals surface area contributed by atoms with Crippen LogP contribution in [0.25, 0.3) is 0 Å². The molecule has 0 bridgehead atoms. The van der Waals surface area contributed by atoms with E-state index in [4.69, 9.17) is 17.3 Å². The number of likely N-dealkylation sites (tertiary alicyclic amines) is 1. The van der Waals surface area contributed by atoms with Crippen molar-refractivity contribution in [3.05, 3.63) is 34.9 Å². The second kappa shape index (κ2) is 6.40. The van der Waals surface area contributed by atoms with E-state index in [1.807, 2.05) is 36.1 Å². The van der Waals surface area contributed by atoms with Crippen molar-refractivity contribution in [3.63, 3.8) is 0 Å². The van der Waals surface area contributed by atoms with Gasteiger partial charge in [0.2, 0.25) is 5.91 Å². The molecule has 1 aromatic rings. The summed E-state index contributed by atoms with van der Waals surface area (Å²) in [7, 11) is 0. The number of nitrogens with two attached hydrogens (primary N) is 1. The molecule has 2 rings (SSSR count). The molecule has 0 aliphatic carbocycles. The van der Waals surface area contributed by atoms with Crippen molar-refractivity contribution in [1.82, 2.24) is 4.90 Å². The minimum absolute atomic E-state index is 0.0827. The highest BCUT2D eigenvalue weighted by atomic mass is 35.5. The maximum Gasteiger partial charge on any atom is 0.239 e. The molecule has 19 heavy (non-hydrogen) atoms. The van der Waals surface area contributed by atoms with Gasteiger partial charge in [-0.2, -0.15) is 0 Å². The molecule has 1 heterocycles. The first-order valence-corrected chi connectivity index (χ1v) is 7.32. The molecular formula is C15H21ClN2O. The Labute approximate surface area is 119 Å². The van der Waals surface area contributed by atoms with Gasteiger partial charge in [-0.1, -0.05) is 37.1 Å². The van der Waals surface area contributed by atoms with E-state index in [1.165, 1.54) is 0 Å². The molecule has 1 saturated heterocycles. The van der Waals surface area contributed by atoms with E-state index in [1.54, 1.807) is 0 Å². The van der Waals surface area contributed by atoms with Crippen molar-refractivity contribution in [1.29, 1.82) is 0 Å². The van der Waals surface area contributed by atoms with Crippen molar-refractivity contribution < 1.29 is 4.79 Å². The van der Waals surface area contributed by atoms with Crippen LogP contribution in [0, 0.1) is 0 Å². The Balaban J connectivity index is 2.12. The Morgan fingerprint density at radius 1 is 1.47 bits per heavy atom. The molecular weight excluding hydrogens is 260 g/mol. The Morgan fingerprint density at radius 3 is 2.79 bits per heavy atom. The Kier molecular flexibility index (Phi) is 4.83. The number of hydrogen-bond acceptors (Lipinski definition) is 2. The minimum atomic E-state index is -0.363. The molecule has 0 radical (unpaired) electrons.